The number of Topliss-reactive ketones (excluding diaryl/α,β-unsaturated/α-hetero) is 1. The Bertz CT molecular complexity index is 595. The van der Waals surface area contributed by atoms with Gasteiger partial charge >= 0.3 is 0 Å². The first kappa shape index (κ1) is 14.0. The average molecular weight is 283 g/mol. The van der Waals surface area contributed by atoms with Crippen LogP contribution < -0.4 is 4.31 Å². The molecule has 1 aromatic rings. The summed E-state index contributed by atoms with van der Waals surface area (Å²) in [5.41, 5.74) is 2.21. The number of ketones is 1. The molecule has 0 unspecified atom stereocenters. The SMILES string of the molecule is COCCS(=O)(=O)N1CCc2cc(C(C)=O)ccc21. The van der Waals surface area contributed by atoms with Crippen LogP contribution in [0.25, 0.3) is 0 Å². The second-order valence-electron chi connectivity index (χ2n) is 4.53. The van der Waals surface area contributed by atoms with E-state index in [1.54, 1.807) is 18.2 Å². The molecule has 0 bridgehead atoms. The van der Waals surface area contributed by atoms with Gasteiger partial charge in [0.1, 0.15) is 0 Å². The highest BCUT2D eigenvalue weighted by atomic mass is 32.2. The van der Waals surface area contributed by atoms with Crippen molar-refractivity contribution in [2.45, 2.75) is 13.3 Å². The molecule has 1 aliphatic rings. The molecule has 0 spiro atoms. The number of ether oxygens (including phenoxy) is 1. The summed E-state index contributed by atoms with van der Waals surface area (Å²) in [5.74, 6) is -0.0410. The molecule has 1 aromatic carbocycles. The van der Waals surface area contributed by atoms with Crippen molar-refractivity contribution in [1.82, 2.24) is 0 Å². The number of benzene rings is 1. The van der Waals surface area contributed by atoms with Crippen molar-refractivity contribution in [2.24, 2.45) is 0 Å². The Morgan fingerprint density at radius 2 is 2.16 bits per heavy atom. The molecule has 0 amide bonds. The van der Waals surface area contributed by atoms with E-state index in [2.05, 4.69) is 0 Å². The number of hydrogen-bond acceptors (Lipinski definition) is 4. The fourth-order valence-electron chi connectivity index (χ4n) is 2.18. The standard InChI is InChI=1S/C13H17NO4S/c1-10(15)11-3-4-13-12(9-11)5-6-14(13)19(16,17)8-7-18-2/h3-4,9H,5-8H2,1-2H3. The van der Waals surface area contributed by atoms with Crippen LogP contribution in [0.2, 0.25) is 0 Å². The minimum absolute atomic E-state index is 0.0107. The third kappa shape index (κ3) is 2.79. The van der Waals surface area contributed by atoms with Gasteiger partial charge < -0.3 is 4.74 Å². The van der Waals surface area contributed by atoms with Gasteiger partial charge in [0.25, 0.3) is 0 Å². The van der Waals surface area contributed by atoms with Crippen LogP contribution >= 0.6 is 0 Å². The van der Waals surface area contributed by atoms with Crippen molar-refractivity contribution in [2.75, 3.05) is 30.3 Å². The van der Waals surface area contributed by atoms with Gasteiger partial charge in [-0.1, -0.05) is 0 Å². The predicted molar refractivity (Wildman–Crippen MR) is 73.2 cm³/mol. The third-order valence-corrected chi connectivity index (χ3v) is 4.95. The summed E-state index contributed by atoms with van der Waals surface area (Å²) in [6.07, 6.45) is 0.642. The predicted octanol–water partition coefficient (Wildman–Crippen LogP) is 1.23. The maximum atomic E-state index is 12.2. The minimum Gasteiger partial charge on any atom is -0.384 e. The highest BCUT2D eigenvalue weighted by molar-refractivity contribution is 7.92. The second-order valence-corrected chi connectivity index (χ2v) is 6.54. The summed E-state index contributed by atoms with van der Waals surface area (Å²) in [6.45, 7) is 2.12. The van der Waals surface area contributed by atoms with E-state index >= 15 is 0 Å². The first-order chi connectivity index (χ1) is 8.95. The van der Waals surface area contributed by atoms with Gasteiger partial charge in [0.15, 0.2) is 5.78 Å². The Balaban J connectivity index is 2.30. The van der Waals surface area contributed by atoms with Crippen LogP contribution in [0, 0.1) is 0 Å². The van der Waals surface area contributed by atoms with Crippen LogP contribution in [0.5, 0.6) is 0 Å². The molecule has 0 saturated carbocycles. The van der Waals surface area contributed by atoms with E-state index in [4.69, 9.17) is 4.74 Å². The molecule has 1 aliphatic heterocycles. The summed E-state index contributed by atoms with van der Waals surface area (Å²) >= 11 is 0. The van der Waals surface area contributed by atoms with Crippen LogP contribution in [-0.2, 0) is 21.2 Å². The third-order valence-electron chi connectivity index (χ3n) is 3.22. The van der Waals surface area contributed by atoms with Gasteiger partial charge in [-0.25, -0.2) is 8.42 Å². The van der Waals surface area contributed by atoms with E-state index in [0.29, 0.717) is 24.2 Å². The lowest BCUT2D eigenvalue weighted by molar-refractivity contribution is 0.101. The summed E-state index contributed by atoms with van der Waals surface area (Å²) in [6, 6.07) is 5.16. The van der Waals surface area contributed by atoms with Gasteiger partial charge in [-0.2, -0.15) is 0 Å². The minimum atomic E-state index is -3.35. The largest absolute Gasteiger partial charge is 0.384 e. The molecule has 1 heterocycles. The summed E-state index contributed by atoms with van der Waals surface area (Å²) in [5, 5.41) is 0. The van der Waals surface area contributed by atoms with Crippen LogP contribution in [0.4, 0.5) is 5.69 Å². The van der Waals surface area contributed by atoms with Crippen molar-refractivity contribution < 1.29 is 17.9 Å². The topological polar surface area (TPSA) is 63.7 Å². The molecule has 104 valence electrons. The molecule has 0 fully saturated rings. The number of methoxy groups -OCH3 is 1. The number of carbonyl (C=O) groups is 1. The summed E-state index contributed by atoms with van der Waals surface area (Å²) in [4.78, 5) is 11.3. The molecule has 0 radical (unpaired) electrons. The number of fused-ring (bicyclic) bond motifs is 1. The fourth-order valence-corrected chi connectivity index (χ4v) is 3.62. The zero-order chi connectivity index (χ0) is 14.0. The van der Waals surface area contributed by atoms with Gasteiger partial charge in [-0.05, 0) is 37.1 Å². The quantitative estimate of drug-likeness (QED) is 0.762. The van der Waals surface area contributed by atoms with Gasteiger partial charge in [0, 0.05) is 19.2 Å². The van der Waals surface area contributed by atoms with Crippen molar-refractivity contribution in [1.29, 1.82) is 0 Å². The van der Waals surface area contributed by atoms with Gasteiger partial charge in [0.2, 0.25) is 10.0 Å². The lowest BCUT2D eigenvalue weighted by Gasteiger charge is -2.19. The molecule has 0 N–H and O–H groups in total. The van der Waals surface area contributed by atoms with Gasteiger partial charge in [-0.15, -0.1) is 0 Å². The normalized spacial score (nSPS) is 14.5. The first-order valence-corrected chi connectivity index (χ1v) is 7.70. The van der Waals surface area contributed by atoms with Crippen LogP contribution in [0.15, 0.2) is 18.2 Å². The maximum absolute atomic E-state index is 12.2. The molecule has 19 heavy (non-hydrogen) atoms. The number of carbonyl (C=O) groups excluding carboxylic acids is 1. The molecular formula is C13H17NO4S. The van der Waals surface area contributed by atoms with E-state index < -0.39 is 10.0 Å². The van der Waals surface area contributed by atoms with E-state index in [-0.39, 0.29) is 18.1 Å². The lowest BCUT2D eigenvalue weighted by atomic mass is 10.1. The first-order valence-electron chi connectivity index (χ1n) is 6.09. The van der Waals surface area contributed by atoms with E-state index in [9.17, 15) is 13.2 Å². The second kappa shape index (κ2) is 5.30. The van der Waals surface area contributed by atoms with E-state index in [1.165, 1.54) is 18.3 Å². The molecule has 0 aromatic heterocycles. The Labute approximate surface area is 113 Å². The molecule has 6 heteroatoms. The van der Waals surface area contributed by atoms with Gasteiger partial charge in [-0.3, -0.25) is 9.10 Å². The van der Waals surface area contributed by atoms with Crippen molar-refractivity contribution in [3.63, 3.8) is 0 Å². The molecule has 2 rings (SSSR count). The molecule has 5 nitrogen and oxygen atoms in total. The smallest absolute Gasteiger partial charge is 0.237 e. The zero-order valence-corrected chi connectivity index (χ0v) is 11.9. The fraction of sp³-hybridized carbons (Fsp3) is 0.462. The maximum Gasteiger partial charge on any atom is 0.237 e. The Morgan fingerprint density at radius 3 is 2.79 bits per heavy atom. The van der Waals surface area contributed by atoms with Gasteiger partial charge in [0.05, 0.1) is 18.0 Å². The van der Waals surface area contributed by atoms with Crippen LogP contribution in [-0.4, -0.2) is 40.2 Å². The number of rotatable bonds is 5. The number of nitrogens with zero attached hydrogens (tertiary/aromatic N) is 1. The number of sulfonamides is 1. The number of anilines is 1. The van der Waals surface area contributed by atoms with Crippen molar-refractivity contribution in [3.8, 4) is 0 Å². The monoisotopic (exact) mass is 283 g/mol. The Kier molecular flexibility index (Phi) is 3.91. The van der Waals surface area contributed by atoms with Crippen LogP contribution in [0.1, 0.15) is 22.8 Å². The highest BCUT2D eigenvalue weighted by Gasteiger charge is 2.29. The van der Waals surface area contributed by atoms with E-state index in [1.807, 2.05) is 0 Å². The van der Waals surface area contributed by atoms with Crippen molar-refractivity contribution >= 4 is 21.5 Å². The Hall–Kier alpha value is -1.40. The summed E-state index contributed by atoms with van der Waals surface area (Å²) in [7, 11) is -1.87. The summed E-state index contributed by atoms with van der Waals surface area (Å²) < 4.78 is 30.5. The zero-order valence-electron chi connectivity index (χ0n) is 11.0. The average Bonchev–Trinajstić information content (AvgIpc) is 2.79. The van der Waals surface area contributed by atoms with Crippen LogP contribution in [0.3, 0.4) is 0 Å². The van der Waals surface area contributed by atoms with Crippen molar-refractivity contribution in [3.05, 3.63) is 29.3 Å². The Morgan fingerprint density at radius 1 is 1.42 bits per heavy atom. The lowest BCUT2D eigenvalue weighted by Crippen LogP contribution is -2.32. The molecule has 0 saturated heterocycles. The molecular weight excluding hydrogens is 266 g/mol. The highest BCUT2D eigenvalue weighted by Crippen LogP contribution is 2.31. The van der Waals surface area contributed by atoms with E-state index in [0.717, 1.165) is 5.56 Å². The number of hydrogen-bond donors (Lipinski definition) is 0. The molecule has 0 atom stereocenters. The molecule has 0 aliphatic carbocycles.